The molecule has 0 aromatic rings. The maximum atomic E-state index is 12.8. The van der Waals surface area contributed by atoms with Crippen LogP contribution in [0.25, 0.3) is 0 Å². The van der Waals surface area contributed by atoms with Gasteiger partial charge < -0.3 is 5.32 Å². The predicted octanol–water partition coefficient (Wildman–Crippen LogP) is 2.64. The average Bonchev–Trinajstić information content (AvgIpc) is 2.01. The van der Waals surface area contributed by atoms with Crippen molar-refractivity contribution in [3.63, 3.8) is 0 Å². The molecule has 0 aliphatic carbocycles. The van der Waals surface area contributed by atoms with Crippen LogP contribution in [-0.2, 0) is 0 Å². The van der Waals surface area contributed by atoms with Crippen molar-refractivity contribution in [1.29, 1.82) is 0 Å². The fourth-order valence-corrected chi connectivity index (χ4v) is 0.838. The first-order chi connectivity index (χ1) is 5.20. The minimum absolute atomic E-state index is 0.542. The zero-order valence-electron chi connectivity index (χ0n) is 7.65. The second kappa shape index (κ2) is 6.20. The van der Waals surface area contributed by atoms with E-state index >= 15 is 0 Å². The summed E-state index contributed by atoms with van der Waals surface area (Å²) in [6, 6.07) is 0. The smallest absolute Gasteiger partial charge is 0.104 e. The lowest BCUT2D eigenvalue weighted by atomic mass is 10.1. The van der Waals surface area contributed by atoms with E-state index in [0.29, 0.717) is 12.8 Å². The molecule has 0 aliphatic rings. The summed E-state index contributed by atoms with van der Waals surface area (Å²) in [6.07, 6.45) is 3.38. The molecule has 1 atom stereocenters. The number of rotatable bonds is 5. The van der Waals surface area contributed by atoms with Gasteiger partial charge in [0.05, 0.1) is 0 Å². The first-order valence-corrected chi connectivity index (χ1v) is 4.19. The first-order valence-electron chi connectivity index (χ1n) is 4.19. The number of hydrogen-bond donors (Lipinski definition) is 1. The van der Waals surface area contributed by atoms with E-state index in [1.54, 1.807) is 0 Å². The summed E-state index contributed by atoms with van der Waals surface area (Å²) in [4.78, 5) is 0. The monoisotopic (exact) mass is 159 g/mol. The topological polar surface area (TPSA) is 12.0 Å². The second-order valence-corrected chi connectivity index (χ2v) is 2.76. The van der Waals surface area contributed by atoms with E-state index in [-0.39, 0.29) is 0 Å². The maximum absolute atomic E-state index is 12.8. The Hall–Kier alpha value is -0.530. The summed E-state index contributed by atoms with van der Waals surface area (Å²) >= 11 is 0. The van der Waals surface area contributed by atoms with Crippen molar-refractivity contribution in [3.8, 4) is 0 Å². The Balaban J connectivity index is 3.50. The largest absolute Gasteiger partial charge is 0.392 e. The molecule has 0 aromatic carbocycles. The van der Waals surface area contributed by atoms with Gasteiger partial charge in [-0.1, -0.05) is 19.4 Å². The van der Waals surface area contributed by atoms with Crippen molar-refractivity contribution in [2.24, 2.45) is 0 Å². The Bertz CT molecular complexity index is 121. The Morgan fingerprint density at radius 2 is 2.27 bits per heavy atom. The van der Waals surface area contributed by atoms with E-state index < -0.39 is 6.17 Å². The summed E-state index contributed by atoms with van der Waals surface area (Å²) in [5, 5.41) is 2.96. The lowest BCUT2D eigenvalue weighted by molar-refractivity contribution is 0.314. The molecule has 0 aliphatic heterocycles. The van der Waals surface area contributed by atoms with Crippen LogP contribution in [0.2, 0.25) is 0 Å². The lowest BCUT2D eigenvalue weighted by Crippen LogP contribution is -2.03. The highest BCUT2D eigenvalue weighted by atomic mass is 19.1. The van der Waals surface area contributed by atoms with Crippen molar-refractivity contribution in [3.05, 3.63) is 11.8 Å². The van der Waals surface area contributed by atoms with Crippen LogP contribution in [0.1, 0.15) is 33.1 Å². The van der Waals surface area contributed by atoms with Crippen LogP contribution in [0.15, 0.2) is 11.8 Å². The highest BCUT2D eigenvalue weighted by molar-refractivity contribution is 4.94. The minimum Gasteiger partial charge on any atom is -0.392 e. The third kappa shape index (κ3) is 5.89. The van der Waals surface area contributed by atoms with Crippen LogP contribution in [0.4, 0.5) is 4.39 Å². The van der Waals surface area contributed by atoms with E-state index in [2.05, 4.69) is 5.32 Å². The van der Waals surface area contributed by atoms with E-state index in [1.165, 1.54) is 0 Å². The molecule has 0 spiro atoms. The molecule has 2 heteroatoms. The van der Waals surface area contributed by atoms with Crippen molar-refractivity contribution in [2.45, 2.75) is 39.3 Å². The Kier molecular flexibility index (Phi) is 5.90. The fourth-order valence-electron chi connectivity index (χ4n) is 0.838. The van der Waals surface area contributed by atoms with Gasteiger partial charge in [0, 0.05) is 12.7 Å². The normalized spacial score (nSPS) is 14.7. The van der Waals surface area contributed by atoms with Gasteiger partial charge in [-0.3, -0.25) is 0 Å². The van der Waals surface area contributed by atoms with E-state index in [9.17, 15) is 4.39 Å². The SMILES string of the molecule is CCCC(F)C/C=C(\C)NC. The highest BCUT2D eigenvalue weighted by Crippen LogP contribution is 2.07. The molecule has 0 heterocycles. The standard InChI is InChI=1S/C9H18FN/c1-4-5-9(10)7-6-8(2)11-3/h6,9,11H,4-5,7H2,1-3H3/b8-6+. The molecule has 0 radical (unpaired) electrons. The van der Waals surface area contributed by atoms with Gasteiger partial charge in [0.1, 0.15) is 6.17 Å². The van der Waals surface area contributed by atoms with Crippen LogP contribution in [-0.4, -0.2) is 13.2 Å². The zero-order chi connectivity index (χ0) is 8.69. The number of alkyl halides is 1. The number of halogens is 1. The number of allylic oxidation sites excluding steroid dienone is 2. The maximum Gasteiger partial charge on any atom is 0.104 e. The van der Waals surface area contributed by atoms with Gasteiger partial charge in [-0.05, 0) is 19.8 Å². The van der Waals surface area contributed by atoms with Gasteiger partial charge in [0.2, 0.25) is 0 Å². The summed E-state index contributed by atoms with van der Waals surface area (Å²) < 4.78 is 12.8. The van der Waals surface area contributed by atoms with Crippen LogP contribution < -0.4 is 5.32 Å². The molecule has 1 unspecified atom stereocenters. The molecule has 0 amide bonds. The van der Waals surface area contributed by atoms with E-state index in [0.717, 1.165) is 12.1 Å². The molecule has 0 bridgehead atoms. The summed E-state index contributed by atoms with van der Waals surface area (Å²) in [7, 11) is 1.85. The van der Waals surface area contributed by atoms with E-state index in [1.807, 2.05) is 27.0 Å². The molecule has 0 saturated heterocycles. The van der Waals surface area contributed by atoms with Crippen molar-refractivity contribution < 1.29 is 4.39 Å². The van der Waals surface area contributed by atoms with Gasteiger partial charge in [0.15, 0.2) is 0 Å². The molecule has 11 heavy (non-hydrogen) atoms. The van der Waals surface area contributed by atoms with Crippen LogP contribution in [0.5, 0.6) is 0 Å². The molecule has 0 rings (SSSR count). The summed E-state index contributed by atoms with van der Waals surface area (Å²) in [5.41, 5.74) is 1.05. The minimum atomic E-state index is -0.664. The van der Waals surface area contributed by atoms with Gasteiger partial charge in [-0.15, -0.1) is 0 Å². The van der Waals surface area contributed by atoms with Crippen molar-refractivity contribution in [2.75, 3.05) is 7.05 Å². The molecule has 0 fully saturated rings. The molecule has 1 N–H and O–H groups in total. The molecule has 1 nitrogen and oxygen atoms in total. The van der Waals surface area contributed by atoms with Gasteiger partial charge in [-0.25, -0.2) is 4.39 Å². The van der Waals surface area contributed by atoms with Crippen molar-refractivity contribution >= 4 is 0 Å². The quantitative estimate of drug-likeness (QED) is 0.650. The molecule has 0 saturated carbocycles. The summed E-state index contributed by atoms with van der Waals surface area (Å²) in [5.74, 6) is 0. The summed E-state index contributed by atoms with van der Waals surface area (Å²) in [6.45, 7) is 3.94. The highest BCUT2D eigenvalue weighted by Gasteiger charge is 2.01. The first kappa shape index (κ1) is 10.5. The number of hydrogen-bond acceptors (Lipinski definition) is 1. The van der Waals surface area contributed by atoms with E-state index in [4.69, 9.17) is 0 Å². The third-order valence-corrected chi connectivity index (χ3v) is 1.68. The Morgan fingerprint density at radius 1 is 1.64 bits per heavy atom. The fraction of sp³-hybridized carbons (Fsp3) is 0.778. The Morgan fingerprint density at radius 3 is 2.73 bits per heavy atom. The lowest BCUT2D eigenvalue weighted by Gasteiger charge is -2.03. The van der Waals surface area contributed by atoms with Crippen LogP contribution in [0, 0.1) is 0 Å². The van der Waals surface area contributed by atoms with Crippen molar-refractivity contribution in [1.82, 2.24) is 5.32 Å². The molecular weight excluding hydrogens is 141 g/mol. The predicted molar refractivity (Wildman–Crippen MR) is 47.2 cm³/mol. The second-order valence-electron chi connectivity index (χ2n) is 2.76. The third-order valence-electron chi connectivity index (χ3n) is 1.68. The molecule has 66 valence electrons. The van der Waals surface area contributed by atoms with Gasteiger partial charge >= 0.3 is 0 Å². The van der Waals surface area contributed by atoms with Gasteiger partial charge in [-0.2, -0.15) is 0 Å². The van der Waals surface area contributed by atoms with Gasteiger partial charge in [0.25, 0.3) is 0 Å². The molecular formula is C9H18FN. The zero-order valence-corrected chi connectivity index (χ0v) is 7.65. The van der Waals surface area contributed by atoms with Crippen LogP contribution in [0.3, 0.4) is 0 Å². The van der Waals surface area contributed by atoms with Crippen LogP contribution >= 0.6 is 0 Å². The average molecular weight is 159 g/mol. The molecule has 0 aromatic heterocycles. The number of nitrogens with one attached hydrogen (secondary N) is 1. The Labute approximate surface area is 68.7 Å².